The van der Waals surface area contributed by atoms with Gasteiger partial charge in [-0.3, -0.25) is 24.6 Å². The molecule has 0 bridgehead atoms. The number of piperazine rings is 1. The number of imide groups is 1. The van der Waals surface area contributed by atoms with Gasteiger partial charge in [-0.15, -0.1) is 0 Å². The molecule has 53 heavy (non-hydrogen) atoms. The molecule has 1 unspecified atom stereocenters. The molecule has 1 N–H and O–H groups in total. The van der Waals surface area contributed by atoms with Gasteiger partial charge in [-0.05, 0) is 60.7 Å². The largest absolute Gasteiger partial charge is 0.354 e. The van der Waals surface area contributed by atoms with Gasteiger partial charge in [0, 0.05) is 75.6 Å². The van der Waals surface area contributed by atoms with E-state index in [-0.39, 0.29) is 24.3 Å². The predicted octanol–water partition coefficient (Wildman–Crippen LogP) is 4.49. The Hall–Kier alpha value is -5.76. The minimum Gasteiger partial charge on any atom is -0.354 e. The summed E-state index contributed by atoms with van der Waals surface area (Å²) in [5.74, 6) is -0.420. The lowest BCUT2D eigenvalue weighted by Crippen LogP contribution is -2.52. The van der Waals surface area contributed by atoms with Crippen LogP contribution in [-0.2, 0) is 22.7 Å². The molecule has 3 saturated heterocycles. The minimum atomic E-state index is -0.623. The number of fused-ring (bicyclic) bond motifs is 2. The fraction of sp³-hybridized carbons (Fsp3) is 0.333. The number of hydrogen-bond donors (Lipinski definition) is 1. The maximum absolute atomic E-state index is 14.8. The quantitative estimate of drug-likeness (QED) is 0.243. The predicted molar refractivity (Wildman–Crippen MR) is 192 cm³/mol. The number of anilines is 2. The summed E-state index contributed by atoms with van der Waals surface area (Å²) in [7, 11) is 0. The third-order valence-electron chi connectivity index (χ3n) is 10.9. The van der Waals surface area contributed by atoms with E-state index in [1.807, 2.05) is 42.6 Å². The second-order valence-electron chi connectivity index (χ2n) is 14.2. The molecule has 3 fully saturated rings. The molecule has 270 valence electrons. The van der Waals surface area contributed by atoms with Gasteiger partial charge in [-0.25, -0.2) is 23.3 Å². The molecule has 0 radical (unpaired) electrons. The highest BCUT2D eigenvalue weighted by Crippen LogP contribution is 2.37. The van der Waals surface area contributed by atoms with Crippen molar-refractivity contribution in [1.29, 1.82) is 0 Å². The van der Waals surface area contributed by atoms with Crippen molar-refractivity contribution >= 4 is 35.0 Å². The van der Waals surface area contributed by atoms with E-state index in [9.17, 15) is 23.2 Å². The lowest BCUT2D eigenvalue weighted by molar-refractivity contribution is -0.136. The van der Waals surface area contributed by atoms with Crippen LogP contribution in [0.5, 0.6) is 0 Å². The third kappa shape index (κ3) is 6.16. The highest BCUT2D eigenvalue weighted by molar-refractivity contribution is 6.05. The second kappa shape index (κ2) is 13.3. The van der Waals surface area contributed by atoms with E-state index in [1.54, 1.807) is 15.6 Å². The molecule has 9 rings (SSSR count). The molecule has 2 atom stereocenters. The van der Waals surface area contributed by atoms with Crippen molar-refractivity contribution in [3.63, 3.8) is 0 Å². The van der Waals surface area contributed by atoms with Crippen LogP contribution in [-0.4, -0.2) is 85.9 Å². The van der Waals surface area contributed by atoms with Gasteiger partial charge >= 0.3 is 0 Å². The number of rotatable bonds is 7. The van der Waals surface area contributed by atoms with Crippen molar-refractivity contribution in [1.82, 2.24) is 34.7 Å². The van der Waals surface area contributed by atoms with Gasteiger partial charge in [-0.2, -0.15) is 5.10 Å². The SMILES string of the molecule is O=C1CCC(N2Cc3cc(CN4CCN(c5cccc(-c6cnn7ccc(N8CCC[C@@H]8c8ccc(F)cc8F)nc67)n5)CC4)ccc3C2=O)C(=O)N1. The number of aromatic nitrogens is 4. The maximum atomic E-state index is 14.8. The first kappa shape index (κ1) is 33.1. The van der Waals surface area contributed by atoms with E-state index in [4.69, 9.17) is 9.97 Å². The van der Waals surface area contributed by atoms with Crippen molar-refractivity contribution in [2.24, 2.45) is 0 Å². The first-order valence-corrected chi connectivity index (χ1v) is 18.1. The van der Waals surface area contributed by atoms with E-state index in [1.165, 1.54) is 12.1 Å². The lowest BCUT2D eigenvalue weighted by Gasteiger charge is -2.35. The molecule has 0 aliphatic carbocycles. The fourth-order valence-electron chi connectivity index (χ4n) is 8.20. The number of benzene rings is 2. The van der Waals surface area contributed by atoms with Crippen LogP contribution in [0.4, 0.5) is 20.4 Å². The monoisotopic (exact) mass is 717 g/mol. The first-order valence-electron chi connectivity index (χ1n) is 18.1. The lowest BCUT2D eigenvalue weighted by atomic mass is 10.0. The van der Waals surface area contributed by atoms with E-state index in [0.29, 0.717) is 42.1 Å². The van der Waals surface area contributed by atoms with Crippen molar-refractivity contribution in [2.75, 3.05) is 42.5 Å². The Morgan fingerprint density at radius 1 is 0.811 bits per heavy atom. The van der Waals surface area contributed by atoms with Crippen LogP contribution in [0.1, 0.15) is 58.8 Å². The number of carbonyl (C=O) groups excluding carboxylic acids is 3. The molecule has 3 amide bonds. The number of piperidine rings is 1. The number of pyridine rings is 1. The fourth-order valence-corrected chi connectivity index (χ4v) is 8.20. The van der Waals surface area contributed by atoms with E-state index in [2.05, 4.69) is 31.2 Å². The van der Waals surface area contributed by atoms with Gasteiger partial charge in [0.1, 0.15) is 29.3 Å². The number of nitrogens with one attached hydrogen (secondary N) is 1. The molecule has 4 aliphatic rings. The normalized spacial score (nSPS) is 20.8. The van der Waals surface area contributed by atoms with Crippen LogP contribution in [0, 0.1) is 11.6 Å². The minimum absolute atomic E-state index is 0.163. The first-order chi connectivity index (χ1) is 25.8. The number of halogens is 2. The topological polar surface area (TPSA) is 119 Å². The summed E-state index contributed by atoms with van der Waals surface area (Å²) in [4.78, 5) is 55.5. The molecule has 12 nitrogen and oxygen atoms in total. The van der Waals surface area contributed by atoms with Gasteiger partial charge in [0.25, 0.3) is 5.91 Å². The van der Waals surface area contributed by atoms with Crippen molar-refractivity contribution in [3.05, 3.63) is 107 Å². The van der Waals surface area contributed by atoms with Crippen LogP contribution >= 0.6 is 0 Å². The molecular formula is C39H37F2N9O3. The van der Waals surface area contributed by atoms with Crippen LogP contribution in [0.15, 0.2) is 73.1 Å². The second-order valence-corrected chi connectivity index (χ2v) is 14.2. The number of amides is 3. The average molecular weight is 718 g/mol. The van der Waals surface area contributed by atoms with E-state index < -0.39 is 23.6 Å². The highest BCUT2D eigenvalue weighted by Gasteiger charge is 2.39. The summed E-state index contributed by atoms with van der Waals surface area (Å²) < 4.78 is 30.2. The summed E-state index contributed by atoms with van der Waals surface area (Å²) in [6, 6.07) is 16.7. The Morgan fingerprint density at radius 3 is 2.51 bits per heavy atom. The van der Waals surface area contributed by atoms with Gasteiger partial charge in [0.2, 0.25) is 11.8 Å². The Morgan fingerprint density at radius 2 is 1.68 bits per heavy atom. The van der Waals surface area contributed by atoms with Crippen molar-refractivity contribution in [3.8, 4) is 11.3 Å². The Labute approximate surface area is 304 Å². The molecular weight excluding hydrogens is 680 g/mol. The summed E-state index contributed by atoms with van der Waals surface area (Å²) in [6.07, 6.45) is 5.82. The molecule has 5 aromatic rings. The molecule has 14 heteroatoms. The van der Waals surface area contributed by atoms with Crippen molar-refractivity contribution in [2.45, 2.75) is 50.9 Å². The molecule has 4 aliphatic heterocycles. The van der Waals surface area contributed by atoms with E-state index in [0.717, 1.165) is 79.8 Å². The number of nitrogens with zero attached hydrogens (tertiary/aromatic N) is 8. The van der Waals surface area contributed by atoms with Gasteiger partial charge < -0.3 is 14.7 Å². The van der Waals surface area contributed by atoms with Gasteiger partial charge in [0.15, 0.2) is 5.65 Å². The maximum Gasteiger partial charge on any atom is 0.255 e. The summed E-state index contributed by atoms with van der Waals surface area (Å²) in [5, 5.41) is 6.90. The summed E-state index contributed by atoms with van der Waals surface area (Å²) in [5.41, 5.74) is 5.31. The highest BCUT2D eigenvalue weighted by atomic mass is 19.1. The van der Waals surface area contributed by atoms with Gasteiger partial charge in [-0.1, -0.05) is 24.3 Å². The standard InChI is InChI=1S/C39H37F2N9O3/c40-26-7-9-28(30(41)20-26)32-4-2-13-48(32)35-12-14-50-37(44-35)29(21-42-50)31-3-1-5-34(43-31)47-17-15-46(16-18-47)22-24-6-8-27-25(19-24)23-49(39(27)53)33-10-11-36(51)45-38(33)52/h1,3,5-9,12,14,19-21,32-33H,2,4,10-11,13,15-18,22-23H2,(H,45,51,52)/t32-,33?/m1/s1. The van der Waals surface area contributed by atoms with Gasteiger partial charge in [0.05, 0.1) is 23.5 Å². The summed E-state index contributed by atoms with van der Waals surface area (Å²) in [6.45, 7) is 5.05. The zero-order valence-electron chi connectivity index (χ0n) is 28.9. The molecule has 0 saturated carbocycles. The Balaban J connectivity index is 0.866. The van der Waals surface area contributed by atoms with Crippen LogP contribution in [0.3, 0.4) is 0 Å². The summed E-state index contributed by atoms with van der Waals surface area (Å²) >= 11 is 0. The third-order valence-corrected chi connectivity index (χ3v) is 10.9. The zero-order valence-corrected chi connectivity index (χ0v) is 28.9. The molecule has 3 aromatic heterocycles. The van der Waals surface area contributed by atoms with E-state index >= 15 is 0 Å². The zero-order chi connectivity index (χ0) is 36.2. The van der Waals surface area contributed by atoms with Crippen LogP contribution in [0.2, 0.25) is 0 Å². The molecule has 0 spiro atoms. The van der Waals surface area contributed by atoms with Crippen LogP contribution in [0.25, 0.3) is 16.9 Å². The van der Waals surface area contributed by atoms with Crippen molar-refractivity contribution < 1.29 is 23.2 Å². The Kier molecular flexibility index (Phi) is 8.33. The molecule has 7 heterocycles. The molecule has 2 aromatic carbocycles. The average Bonchev–Trinajstić information content (AvgIpc) is 3.89. The Bertz CT molecular complexity index is 2270. The smallest absolute Gasteiger partial charge is 0.255 e. The number of hydrogen-bond acceptors (Lipinski definition) is 9. The van der Waals surface area contributed by atoms with Crippen LogP contribution < -0.4 is 15.1 Å². The number of carbonyl (C=O) groups is 3.